The van der Waals surface area contributed by atoms with Crippen LogP contribution in [0.5, 0.6) is 0 Å². The Bertz CT molecular complexity index is 310. The molecule has 0 aliphatic heterocycles. The molecule has 0 aromatic heterocycles. The summed E-state index contributed by atoms with van der Waals surface area (Å²) in [5.41, 5.74) is 2.55. The molecule has 0 bridgehead atoms. The maximum atomic E-state index is 2.12. The highest BCUT2D eigenvalue weighted by Gasteiger charge is 1.91. The summed E-state index contributed by atoms with van der Waals surface area (Å²) >= 11 is 0. The van der Waals surface area contributed by atoms with Gasteiger partial charge < -0.3 is 0 Å². The van der Waals surface area contributed by atoms with Gasteiger partial charge in [-0.15, -0.1) is 0 Å². The van der Waals surface area contributed by atoms with E-state index in [-0.39, 0.29) is 39.6 Å². The van der Waals surface area contributed by atoms with Gasteiger partial charge in [0.25, 0.3) is 0 Å². The van der Waals surface area contributed by atoms with Crippen LogP contribution in [-0.2, 0) is 0 Å². The van der Waals surface area contributed by atoms with Gasteiger partial charge >= 0.3 is 0 Å². The van der Waals surface area contributed by atoms with E-state index in [2.05, 4.69) is 48.5 Å². The predicted octanol–water partition coefficient (Wildman–Crippen LogP) is 3.59. The number of hydrogen-bond acceptors (Lipinski definition) is 0. The maximum absolute atomic E-state index is 2.12. The SMILES string of the molecule is P.P.P.P.c1ccc(-c2ccccc2)cc1. The standard InChI is InChI=1S/C12H10.4H3P/c1-3-7-11(8-4-1)12-9-5-2-6-10-12;;;;/h1-10H;4*1H3. The molecular formula is C12H22P4. The molecule has 0 aliphatic carbocycles. The van der Waals surface area contributed by atoms with Gasteiger partial charge in [-0.3, -0.25) is 0 Å². The molecule has 0 spiro atoms. The summed E-state index contributed by atoms with van der Waals surface area (Å²) in [7, 11) is 0. The van der Waals surface area contributed by atoms with Crippen molar-refractivity contribution in [3.05, 3.63) is 60.7 Å². The van der Waals surface area contributed by atoms with Gasteiger partial charge in [0.15, 0.2) is 0 Å². The maximum Gasteiger partial charge on any atom is -0.0184 e. The third-order valence-corrected chi connectivity index (χ3v) is 1.88. The van der Waals surface area contributed by atoms with E-state index in [1.165, 1.54) is 11.1 Å². The number of hydrogen-bond donors (Lipinski definition) is 0. The molecule has 0 saturated heterocycles. The Morgan fingerprint density at radius 1 is 0.375 bits per heavy atom. The van der Waals surface area contributed by atoms with Crippen molar-refractivity contribution in [3.63, 3.8) is 0 Å². The smallest absolute Gasteiger partial charge is 0.0184 e. The lowest BCUT2D eigenvalue weighted by atomic mass is 10.1. The third kappa shape index (κ3) is 6.03. The molecule has 90 valence electrons. The molecule has 2 aromatic rings. The zero-order chi connectivity index (χ0) is 8.23. The molecule has 0 nitrogen and oxygen atoms in total. The van der Waals surface area contributed by atoms with E-state index >= 15 is 0 Å². The summed E-state index contributed by atoms with van der Waals surface area (Å²) < 4.78 is 0. The van der Waals surface area contributed by atoms with Gasteiger partial charge in [0.1, 0.15) is 0 Å². The Hall–Kier alpha value is 0.160. The number of rotatable bonds is 1. The van der Waals surface area contributed by atoms with Crippen molar-refractivity contribution in [3.8, 4) is 11.1 Å². The van der Waals surface area contributed by atoms with Crippen LogP contribution < -0.4 is 0 Å². The lowest BCUT2D eigenvalue weighted by molar-refractivity contribution is 1.62. The summed E-state index contributed by atoms with van der Waals surface area (Å²) in [5, 5.41) is 0. The van der Waals surface area contributed by atoms with Gasteiger partial charge in [-0.2, -0.15) is 39.6 Å². The van der Waals surface area contributed by atoms with Crippen molar-refractivity contribution in [2.24, 2.45) is 0 Å². The third-order valence-electron chi connectivity index (χ3n) is 1.88. The normalized spacial score (nSPS) is 7.25. The van der Waals surface area contributed by atoms with Crippen LogP contribution >= 0.6 is 39.6 Å². The van der Waals surface area contributed by atoms with Crippen LogP contribution in [0.1, 0.15) is 0 Å². The molecule has 16 heavy (non-hydrogen) atoms. The zero-order valence-electron chi connectivity index (χ0n) is 9.60. The first-order valence-electron chi connectivity index (χ1n) is 4.07. The van der Waals surface area contributed by atoms with Gasteiger partial charge in [0.05, 0.1) is 0 Å². The lowest BCUT2D eigenvalue weighted by Gasteiger charge is -1.98. The molecule has 2 aromatic carbocycles. The first-order valence-corrected chi connectivity index (χ1v) is 4.07. The lowest BCUT2D eigenvalue weighted by Crippen LogP contribution is -1.73. The van der Waals surface area contributed by atoms with Crippen LogP contribution in [0, 0.1) is 0 Å². The molecule has 0 aliphatic rings. The van der Waals surface area contributed by atoms with E-state index < -0.39 is 0 Å². The van der Waals surface area contributed by atoms with Crippen molar-refractivity contribution in [1.82, 2.24) is 0 Å². The molecule has 0 amide bonds. The minimum atomic E-state index is 0. The van der Waals surface area contributed by atoms with Crippen LogP contribution in [0.3, 0.4) is 0 Å². The summed E-state index contributed by atoms with van der Waals surface area (Å²) in [6.07, 6.45) is 0. The average molecular weight is 290 g/mol. The first kappa shape index (κ1) is 21.4. The van der Waals surface area contributed by atoms with Crippen LogP contribution in [0.2, 0.25) is 0 Å². The second-order valence-corrected chi connectivity index (χ2v) is 2.73. The molecule has 0 saturated carbocycles. The van der Waals surface area contributed by atoms with Gasteiger partial charge in [0.2, 0.25) is 0 Å². The fourth-order valence-electron chi connectivity index (χ4n) is 1.26. The summed E-state index contributed by atoms with van der Waals surface area (Å²) in [6.45, 7) is 0. The molecule has 4 atom stereocenters. The van der Waals surface area contributed by atoms with Crippen LogP contribution in [0.15, 0.2) is 60.7 Å². The predicted molar refractivity (Wildman–Crippen MR) is 96.3 cm³/mol. The second-order valence-electron chi connectivity index (χ2n) is 2.73. The summed E-state index contributed by atoms with van der Waals surface area (Å²) in [5.74, 6) is 0. The number of benzene rings is 2. The highest BCUT2D eigenvalue weighted by Crippen LogP contribution is 2.17. The Morgan fingerprint density at radius 3 is 0.875 bits per heavy atom. The monoisotopic (exact) mass is 290 g/mol. The highest BCUT2D eigenvalue weighted by molar-refractivity contribution is 6.92. The van der Waals surface area contributed by atoms with Gasteiger partial charge in [-0.05, 0) is 11.1 Å². The van der Waals surface area contributed by atoms with Gasteiger partial charge in [-0.25, -0.2) is 0 Å². The minimum absolute atomic E-state index is 0. The molecule has 0 heterocycles. The van der Waals surface area contributed by atoms with Crippen LogP contribution in [0.4, 0.5) is 0 Å². The zero-order valence-corrected chi connectivity index (χ0v) is 15.3. The Morgan fingerprint density at radius 2 is 0.625 bits per heavy atom. The fourth-order valence-corrected chi connectivity index (χ4v) is 1.26. The quantitative estimate of drug-likeness (QED) is 0.704. The molecule has 0 radical (unpaired) electrons. The summed E-state index contributed by atoms with van der Waals surface area (Å²) in [4.78, 5) is 0. The van der Waals surface area contributed by atoms with Crippen molar-refractivity contribution in [1.29, 1.82) is 0 Å². The van der Waals surface area contributed by atoms with E-state index in [9.17, 15) is 0 Å². The topological polar surface area (TPSA) is 0 Å². The van der Waals surface area contributed by atoms with E-state index in [0.717, 1.165) is 0 Å². The molecule has 0 fully saturated rings. The van der Waals surface area contributed by atoms with Crippen molar-refractivity contribution in [2.45, 2.75) is 0 Å². The Balaban J connectivity index is -0.000000422. The van der Waals surface area contributed by atoms with E-state index in [0.29, 0.717) is 0 Å². The van der Waals surface area contributed by atoms with E-state index in [1.807, 2.05) is 12.1 Å². The molecule has 4 heteroatoms. The van der Waals surface area contributed by atoms with Crippen molar-refractivity contribution in [2.75, 3.05) is 0 Å². The van der Waals surface area contributed by atoms with Crippen molar-refractivity contribution < 1.29 is 0 Å². The van der Waals surface area contributed by atoms with E-state index in [4.69, 9.17) is 0 Å². The molecule has 4 unspecified atom stereocenters. The molecule has 0 N–H and O–H groups in total. The highest BCUT2D eigenvalue weighted by atomic mass is 31.0. The first-order chi connectivity index (χ1) is 5.97. The summed E-state index contributed by atoms with van der Waals surface area (Å²) in [6, 6.07) is 20.8. The fraction of sp³-hybridized carbons (Fsp3) is 0. The average Bonchev–Trinajstić information content (AvgIpc) is 2.21. The largest absolute Gasteiger partial charge is 0.153 e. The Labute approximate surface area is 111 Å². The van der Waals surface area contributed by atoms with Crippen LogP contribution in [-0.4, -0.2) is 0 Å². The van der Waals surface area contributed by atoms with E-state index in [1.54, 1.807) is 0 Å². The minimum Gasteiger partial charge on any atom is -0.153 e. The van der Waals surface area contributed by atoms with Crippen molar-refractivity contribution >= 4 is 39.6 Å². The van der Waals surface area contributed by atoms with Crippen LogP contribution in [0.25, 0.3) is 11.1 Å². The Kier molecular flexibility index (Phi) is 15.6. The molecular weight excluding hydrogens is 268 g/mol. The molecule has 2 rings (SSSR count). The van der Waals surface area contributed by atoms with Gasteiger partial charge in [-0.1, -0.05) is 60.7 Å². The van der Waals surface area contributed by atoms with Gasteiger partial charge in [0, 0.05) is 0 Å². The second kappa shape index (κ2) is 11.6.